The predicted molar refractivity (Wildman–Crippen MR) is 89.4 cm³/mol. The van der Waals surface area contributed by atoms with E-state index in [4.69, 9.17) is 0 Å². The highest BCUT2D eigenvalue weighted by Crippen LogP contribution is 2.48. The van der Waals surface area contributed by atoms with Crippen LogP contribution in [0.4, 0.5) is 5.82 Å². The van der Waals surface area contributed by atoms with Crippen molar-refractivity contribution in [2.75, 3.05) is 11.4 Å². The minimum absolute atomic E-state index is 0.0300. The predicted octanol–water partition coefficient (Wildman–Crippen LogP) is 2.99. The Morgan fingerprint density at radius 2 is 1.78 bits per heavy atom. The van der Waals surface area contributed by atoms with Gasteiger partial charge in [-0.05, 0) is 74.8 Å². The molecule has 1 aromatic rings. The Balaban J connectivity index is 1.35. The number of nitrogens with zero attached hydrogens (tertiary/aromatic N) is 2. The molecule has 2 unspecified atom stereocenters. The molecular formula is C19H25N3O. The molecule has 4 atom stereocenters. The summed E-state index contributed by atoms with van der Waals surface area (Å²) < 4.78 is 0. The van der Waals surface area contributed by atoms with Crippen LogP contribution in [0.5, 0.6) is 0 Å². The van der Waals surface area contributed by atoms with Crippen LogP contribution in [-0.2, 0) is 0 Å². The van der Waals surface area contributed by atoms with E-state index in [-0.39, 0.29) is 5.91 Å². The second kappa shape index (κ2) is 5.22. The summed E-state index contributed by atoms with van der Waals surface area (Å²) in [5, 5.41) is 3.04. The van der Waals surface area contributed by atoms with Gasteiger partial charge in [0.15, 0.2) is 0 Å². The number of anilines is 1. The SMILES string of the molecule is O=C(NC1CC1)c1ccc(N2CC3C[C@@H]4CC2C[C@H](C3)C4)nc1. The standard InChI is InChI=1S/C19H25N3O/c23-19(21-16-2-3-16)15-1-4-18(20-10-15)22-11-14-6-12-5-13(7-14)9-17(22)8-12/h1,4,10,12-14,16-17H,2-3,5-9,11H2,(H,21,23)/t12-,13+,14?,17?. The topological polar surface area (TPSA) is 45.2 Å². The number of amides is 1. The molecule has 5 fully saturated rings. The summed E-state index contributed by atoms with van der Waals surface area (Å²) in [5.41, 5.74) is 0.696. The third-order valence-corrected chi connectivity index (χ3v) is 6.32. The minimum Gasteiger partial charge on any atom is -0.353 e. The Kier molecular flexibility index (Phi) is 3.14. The summed E-state index contributed by atoms with van der Waals surface area (Å²) in [5.74, 6) is 3.86. The van der Waals surface area contributed by atoms with Crippen LogP contribution in [0.25, 0.3) is 0 Å². The number of nitrogens with one attached hydrogen (secondary N) is 1. The van der Waals surface area contributed by atoms with E-state index in [2.05, 4.69) is 21.3 Å². The van der Waals surface area contributed by atoms with Gasteiger partial charge >= 0.3 is 0 Å². The maximum absolute atomic E-state index is 12.1. The van der Waals surface area contributed by atoms with Gasteiger partial charge in [-0.15, -0.1) is 0 Å². The van der Waals surface area contributed by atoms with E-state index in [1.54, 1.807) is 6.20 Å². The number of aromatic nitrogens is 1. The van der Waals surface area contributed by atoms with Gasteiger partial charge in [0, 0.05) is 24.8 Å². The number of pyridine rings is 1. The van der Waals surface area contributed by atoms with Gasteiger partial charge in [-0.2, -0.15) is 0 Å². The van der Waals surface area contributed by atoms with Gasteiger partial charge in [-0.1, -0.05) is 0 Å². The van der Waals surface area contributed by atoms with Crippen molar-refractivity contribution in [2.24, 2.45) is 17.8 Å². The van der Waals surface area contributed by atoms with Crippen LogP contribution in [-0.4, -0.2) is 29.5 Å². The highest BCUT2D eigenvalue weighted by Gasteiger charge is 2.42. The molecule has 0 aromatic carbocycles. The summed E-state index contributed by atoms with van der Waals surface area (Å²) in [6, 6.07) is 5.09. The van der Waals surface area contributed by atoms with Crippen molar-refractivity contribution in [1.29, 1.82) is 0 Å². The number of carbonyl (C=O) groups excluding carboxylic acids is 1. The van der Waals surface area contributed by atoms with Crippen LogP contribution in [0.15, 0.2) is 18.3 Å². The molecule has 1 aromatic heterocycles. The van der Waals surface area contributed by atoms with Crippen molar-refractivity contribution in [3.63, 3.8) is 0 Å². The molecule has 5 aliphatic rings. The Morgan fingerprint density at radius 1 is 1.04 bits per heavy atom. The molecular weight excluding hydrogens is 286 g/mol. The van der Waals surface area contributed by atoms with E-state index >= 15 is 0 Å². The van der Waals surface area contributed by atoms with Crippen LogP contribution in [0.2, 0.25) is 0 Å². The third kappa shape index (κ3) is 2.62. The first-order chi connectivity index (χ1) is 11.2. The van der Waals surface area contributed by atoms with Gasteiger partial charge in [0.05, 0.1) is 5.56 Å². The number of carbonyl (C=O) groups is 1. The fraction of sp³-hybridized carbons (Fsp3) is 0.684. The zero-order chi connectivity index (χ0) is 15.4. The summed E-state index contributed by atoms with van der Waals surface area (Å²) in [6.45, 7) is 1.16. The zero-order valence-electron chi connectivity index (χ0n) is 13.6. The monoisotopic (exact) mass is 311 g/mol. The molecule has 3 heterocycles. The molecule has 4 nitrogen and oxygen atoms in total. The Morgan fingerprint density at radius 3 is 2.43 bits per heavy atom. The quantitative estimate of drug-likeness (QED) is 0.933. The average Bonchev–Trinajstić information content (AvgIpc) is 3.37. The number of hydrogen-bond acceptors (Lipinski definition) is 3. The van der Waals surface area contributed by atoms with Crippen LogP contribution >= 0.6 is 0 Å². The highest BCUT2D eigenvalue weighted by atomic mass is 16.1. The smallest absolute Gasteiger partial charge is 0.253 e. The molecule has 1 N–H and O–H groups in total. The molecule has 122 valence electrons. The van der Waals surface area contributed by atoms with Crippen molar-refractivity contribution in [3.8, 4) is 0 Å². The molecule has 0 spiro atoms. The van der Waals surface area contributed by atoms with E-state index in [0.717, 1.165) is 43.0 Å². The minimum atomic E-state index is 0.0300. The molecule has 23 heavy (non-hydrogen) atoms. The summed E-state index contributed by atoms with van der Waals surface area (Å²) in [4.78, 5) is 19.3. The molecule has 6 rings (SSSR count). The van der Waals surface area contributed by atoms with E-state index in [1.807, 2.05) is 6.07 Å². The molecule has 3 saturated carbocycles. The summed E-state index contributed by atoms with van der Waals surface area (Å²) in [6.07, 6.45) is 11.0. The first kappa shape index (κ1) is 13.8. The van der Waals surface area contributed by atoms with E-state index < -0.39 is 0 Å². The lowest BCUT2D eigenvalue weighted by molar-refractivity contribution is 0.0950. The van der Waals surface area contributed by atoms with Gasteiger partial charge in [0.1, 0.15) is 5.82 Å². The van der Waals surface area contributed by atoms with Crippen LogP contribution < -0.4 is 10.2 Å². The summed E-state index contributed by atoms with van der Waals surface area (Å²) >= 11 is 0. The summed E-state index contributed by atoms with van der Waals surface area (Å²) in [7, 11) is 0. The van der Waals surface area contributed by atoms with Crippen LogP contribution in [0, 0.1) is 17.8 Å². The zero-order valence-corrected chi connectivity index (χ0v) is 13.6. The molecule has 3 aliphatic carbocycles. The molecule has 2 aliphatic heterocycles. The maximum Gasteiger partial charge on any atom is 0.253 e. The molecule has 4 heteroatoms. The Hall–Kier alpha value is -1.58. The number of rotatable bonds is 3. The number of fused-ring (bicyclic) bond motifs is 1. The fourth-order valence-corrected chi connectivity index (χ4v) is 5.25. The van der Waals surface area contributed by atoms with Gasteiger partial charge in [-0.25, -0.2) is 4.98 Å². The molecule has 1 amide bonds. The largest absolute Gasteiger partial charge is 0.353 e. The molecule has 0 radical (unpaired) electrons. The lowest BCUT2D eigenvalue weighted by Gasteiger charge is -2.39. The van der Waals surface area contributed by atoms with Gasteiger partial charge < -0.3 is 10.2 Å². The molecule has 4 bridgehead atoms. The second-order valence-corrected chi connectivity index (χ2v) is 8.24. The van der Waals surface area contributed by atoms with Gasteiger partial charge in [0.25, 0.3) is 5.91 Å². The lowest BCUT2D eigenvalue weighted by Crippen LogP contribution is -2.38. The highest BCUT2D eigenvalue weighted by molar-refractivity contribution is 5.94. The second-order valence-electron chi connectivity index (χ2n) is 8.24. The van der Waals surface area contributed by atoms with Gasteiger partial charge in [-0.3, -0.25) is 4.79 Å². The fourth-order valence-electron chi connectivity index (χ4n) is 5.25. The van der Waals surface area contributed by atoms with Crippen LogP contribution in [0.3, 0.4) is 0 Å². The molecule has 2 saturated heterocycles. The van der Waals surface area contributed by atoms with Crippen molar-refractivity contribution in [3.05, 3.63) is 23.9 Å². The van der Waals surface area contributed by atoms with Crippen LogP contribution in [0.1, 0.15) is 55.3 Å². The van der Waals surface area contributed by atoms with Crippen molar-refractivity contribution in [2.45, 2.75) is 57.0 Å². The average molecular weight is 311 g/mol. The Bertz CT molecular complexity index is 596. The van der Waals surface area contributed by atoms with Gasteiger partial charge in [0.2, 0.25) is 0 Å². The Labute approximate surface area is 137 Å². The first-order valence-corrected chi connectivity index (χ1v) is 9.28. The van der Waals surface area contributed by atoms with E-state index in [1.165, 1.54) is 32.1 Å². The lowest BCUT2D eigenvalue weighted by atomic mass is 9.68. The van der Waals surface area contributed by atoms with E-state index in [9.17, 15) is 4.79 Å². The van der Waals surface area contributed by atoms with Crippen molar-refractivity contribution in [1.82, 2.24) is 10.3 Å². The van der Waals surface area contributed by atoms with E-state index in [0.29, 0.717) is 17.6 Å². The first-order valence-electron chi connectivity index (χ1n) is 9.28. The normalized spacial score (nSPS) is 35.2. The van der Waals surface area contributed by atoms with Crippen molar-refractivity contribution < 1.29 is 4.79 Å². The third-order valence-electron chi connectivity index (χ3n) is 6.32. The van der Waals surface area contributed by atoms with Crippen molar-refractivity contribution >= 4 is 11.7 Å². The maximum atomic E-state index is 12.1. The number of hydrogen-bond donors (Lipinski definition) is 1.